The van der Waals surface area contributed by atoms with Gasteiger partial charge in [-0.3, -0.25) is 0 Å². The fourth-order valence-electron chi connectivity index (χ4n) is 8.66. The zero-order valence-corrected chi connectivity index (χ0v) is 27.4. The summed E-state index contributed by atoms with van der Waals surface area (Å²) in [6.07, 6.45) is 29.2. The maximum atomic E-state index is 13.1. The van der Waals surface area contributed by atoms with Crippen molar-refractivity contribution in [3.8, 4) is 0 Å². The molecule has 1 unspecified atom stereocenters. The number of hydrogen-bond acceptors (Lipinski definition) is 3. The highest BCUT2D eigenvalue weighted by Gasteiger charge is 2.52. The number of aliphatic carboxylic acids is 2. The predicted octanol–water partition coefficient (Wildman–Crippen LogP) is 10.8. The molecule has 0 saturated heterocycles. The standard InChI is InChI=1S/C38H64O5/c1-30(36(39)40)35(32-24-18-12-6-3-7-13-19-25-32)43-38(31(2)37(41)42,33-26-20-14-8-4-9-15-21-27-33)34-28-22-16-10-5-11-17-23-29-34/h32-35H,1-29H2,(H,39,40)(H,41,42). The van der Waals surface area contributed by atoms with Crippen molar-refractivity contribution in [2.45, 2.75) is 185 Å². The Morgan fingerprint density at radius 1 is 0.512 bits per heavy atom. The van der Waals surface area contributed by atoms with Crippen LogP contribution in [0, 0.1) is 17.8 Å². The highest BCUT2D eigenvalue weighted by molar-refractivity contribution is 5.89. The van der Waals surface area contributed by atoms with Crippen molar-refractivity contribution < 1.29 is 24.5 Å². The Morgan fingerprint density at radius 3 is 1.12 bits per heavy atom. The fourth-order valence-corrected chi connectivity index (χ4v) is 8.66. The number of ether oxygens (including phenoxy) is 1. The summed E-state index contributed by atoms with van der Waals surface area (Å²) in [5.41, 5.74) is -0.813. The molecule has 3 aliphatic rings. The van der Waals surface area contributed by atoms with Gasteiger partial charge in [-0.05, 0) is 56.3 Å². The normalized spacial score (nSPS) is 23.4. The summed E-state index contributed by atoms with van der Waals surface area (Å²) in [4.78, 5) is 25.8. The molecular formula is C38H64O5. The molecular weight excluding hydrogens is 536 g/mol. The largest absolute Gasteiger partial charge is 0.478 e. The lowest BCUT2D eigenvalue weighted by atomic mass is 9.65. The van der Waals surface area contributed by atoms with Crippen molar-refractivity contribution >= 4 is 11.9 Å². The van der Waals surface area contributed by atoms with E-state index in [0.717, 1.165) is 116 Å². The van der Waals surface area contributed by atoms with Gasteiger partial charge >= 0.3 is 11.9 Å². The summed E-state index contributed by atoms with van der Waals surface area (Å²) in [6, 6.07) is 0. The summed E-state index contributed by atoms with van der Waals surface area (Å²) >= 11 is 0. The van der Waals surface area contributed by atoms with Crippen LogP contribution in [0.3, 0.4) is 0 Å². The van der Waals surface area contributed by atoms with Crippen LogP contribution in [0.4, 0.5) is 0 Å². The zero-order valence-electron chi connectivity index (χ0n) is 27.4. The number of carbonyl (C=O) groups is 2. The Kier molecular flexibility index (Phi) is 16.4. The fraction of sp³-hybridized carbons (Fsp3) is 0.842. The second kappa shape index (κ2) is 19.7. The zero-order chi connectivity index (χ0) is 30.9. The van der Waals surface area contributed by atoms with E-state index in [1.807, 2.05) is 0 Å². The molecule has 0 radical (unpaired) electrons. The van der Waals surface area contributed by atoms with Crippen LogP contribution in [0.5, 0.6) is 0 Å². The van der Waals surface area contributed by atoms with E-state index in [0.29, 0.717) is 0 Å². The van der Waals surface area contributed by atoms with Gasteiger partial charge in [0, 0.05) is 0 Å². The summed E-state index contributed by atoms with van der Waals surface area (Å²) in [5.74, 6) is -1.94. The minimum absolute atomic E-state index is 0.0192. The van der Waals surface area contributed by atoms with Gasteiger partial charge in [-0.15, -0.1) is 0 Å². The molecule has 0 aromatic carbocycles. The molecule has 43 heavy (non-hydrogen) atoms. The van der Waals surface area contributed by atoms with Gasteiger partial charge in [-0.1, -0.05) is 148 Å². The monoisotopic (exact) mass is 600 g/mol. The van der Waals surface area contributed by atoms with Crippen LogP contribution in [0.1, 0.15) is 173 Å². The summed E-state index contributed by atoms with van der Waals surface area (Å²) < 4.78 is 7.45. The lowest BCUT2D eigenvalue weighted by Gasteiger charge is -2.50. The van der Waals surface area contributed by atoms with Crippen molar-refractivity contribution in [3.05, 3.63) is 24.3 Å². The molecule has 3 saturated carbocycles. The van der Waals surface area contributed by atoms with Crippen LogP contribution in [0.2, 0.25) is 0 Å². The minimum atomic E-state index is -1.08. The average Bonchev–Trinajstić information content (AvgIpc) is 3.01. The Balaban J connectivity index is 2.13. The maximum absolute atomic E-state index is 13.1. The van der Waals surface area contributed by atoms with Gasteiger partial charge in [0.25, 0.3) is 0 Å². The van der Waals surface area contributed by atoms with Gasteiger partial charge in [0.1, 0.15) is 5.60 Å². The van der Waals surface area contributed by atoms with Crippen molar-refractivity contribution in [3.63, 3.8) is 0 Å². The molecule has 246 valence electrons. The molecule has 0 bridgehead atoms. The molecule has 5 heteroatoms. The Labute approximate surface area is 263 Å². The lowest BCUT2D eigenvalue weighted by Crippen LogP contribution is -2.54. The third-order valence-corrected chi connectivity index (χ3v) is 11.2. The molecule has 3 fully saturated rings. The van der Waals surface area contributed by atoms with Crippen LogP contribution >= 0.6 is 0 Å². The third-order valence-electron chi connectivity index (χ3n) is 11.2. The van der Waals surface area contributed by atoms with E-state index in [-0.39, 0.29) is 28.9 Å². The van der Waals surface area contributed by atoms with E-state index >= 15 is 0 Å². The van der Waals surface area contributed by atoms with Crippen LogP contribution in [0.15, 0.2) is 24.3 Å². The van der Waals surface area contributed by atoms with Gasteiger partial charge in [0.05, 0.1) is 17.3 Å². The first kappa shape index (κ1) is 35.9. The summed E-state index contributed by atoms with van der Waals surface area (Å²) in [6.45, 7) is 8.46. The number of carboxylic acid groups (broad SMARTS) is 2. The number of rotatable bonds is 9. The quantitative estimate of drug-likeness (QED) is 0.257. The van der Waals surface area contributed by atoms with E-state index < -0.39 is 23.6 Å². The third kappa shape index (κ3) is 11.0. The van der Waals surface area contributed by atoms with Crippen LogP contribution in [-0.4, -0.2) is 33.9 Å². The second-order valence-electron chi connectivity index (χ2n) is 14.3. The molecule has 2 N–H and O–H groups in total. The molecule has 0 spiro atoms. The van der Waals surface area contributed by atoms with E-state index in [9.17, 15) is 19.8 Å². The van der Waals surface area contributed by atoms with Gasteiger partial charge < -0.3 is 14.9 Å². The smallest absolute Gasteiger partial charge is 0.333 e. The van der Waals surface area contributed by atoms with Gasteiger partial charge in [0.2, 0.25) is 0 Å². The van der Waals surface area contributed by atoms with Crippen molar-refractivity contribution in [2.24, 2.45) is 17.8 Å². The topological polar surface area (TPSA) is 83.8 Å². The number of carboxylic acids is 2. The molecule has 3 aliphatic carbocycles. The lowest BCUT2D eigenvalue weighted by molar-refractivity contribution is -0.167. The molecule has 0 aromatic rings. The second-order valence-corrected chi connectivity index (χ2v) is 14.3. The SMILES string of the molecule is C=C(C(=O)O)C(OC(C(=C)C(=O)O)(C1CCCCCCCCC1)C1CCCCCCCCC1)C1CCCCCCCCC1. The Hall–Kier alpha value is -1.62. The first-order valence-electron chi connectivity index (χ1n) is 18.4. The minimum Gasteiger partial charge on any atom is -0.478 e. The van der Waals surface area contributed by atoms with E-state index in [4.69, 9.17) is 4.74 Å². The summed E-state index contributed by atoms with van der Waals surface area (Å²) in [7, 11) is 0. The van der Waals surface area contributed by atoms with Crippen LogP contribution in [0.25, 0.3) is 0 Å². The van der Waals surface area contributed by atoms with Gasteiger partial charge in [-0.25, -0.2) is 9.59 Å². The molecule has 0 aliphatic heterocycles. The molecule has 1 atom stereocenters. The summed E-state index contributed by atoms with van der Waals surface area (Å²) in [5, 5.41) is 21.1. The highest BCUT2D eigenvalue weighted by Crippen LogP contribution is 2.49. The molecule has 0 aromatic heterocycles. The predicted molar refractivity (Wildman–Crippen MR) is 176 cm³/mol. The maximum Gasteiger partial charge on any atom is 0.333 e. The van der Waals surface area contributed by atoms with Crippen molar-refractivity contribution in [1.29, 1.82) is 0 Å². The Bertz CT molecular complexity index is 806. The molecule has 0 amide bonds. The van der Waals surface area contributed by atoms with Crippen LogP contribution < -0.4 is 0 Å². The highest BCUT2D eigenvalue weighted by atomic mass is 16.5. The first-order chi connectivity index (χ1) is 20.9. The van der Waals surface area contributed by atoms with E-state index in [1.54, 1.807) is 0 Å². The van der Waals surface area contributed by atoms with E-state index in [1.165, 1.54) is 57.8 Å². The first-order valence-corrected chi connectivity index (χ1v) is 18.4. The number of hydrogen-bond donors (Lipinski definition) is 2. The van der Waals surface area contributed by atoms with Gasteiger partial charge in [0.15, 0.2) is 0 Å². The van der Waals surface area contributed by atoms with E-state index in [2.05, 4.69) is 13.2 Å². The molecule has 3 rings (SSSR count). The Morgan fingerprint density at radius 2 is 0.814 bits per heavy atom. The van der Waals surface area contributed by atoms with Crippen LogP contribution in [-0.2, 0) is 14.3 Å². The molecule has 0 heterocycles. The average molecular weight is 601 g/mol. The molecule has 5 nitrogen and oxygen atoms in total. The van der Waals surface area contributed by atoms with Crippen molar-refractivity contribution in [1.82, 2.24) is 0 Å². The van der Waals surface area contributed by atoms with Gasteiger partial charge in [-0.2, -0.15) is 0 Å². The van der Waals surface area contributed by atoms with Crippen molar-refractivity contribution in [2.75, 3.05) is 0 Å².